The fourth-order valence-corrected chi connectivity index (χ4v) is 4.89. The highest BCUT2D eigenvalue weighted by Crippen LogP contribution is 2.34. The van der Waals surface area contributed by atoms with E-state index in [-0.39, 0.29) is 11.5 Å². The van der Waals surface area contributed by atoms with Crippen LogP contribution in [0.5, 0.6) is 11.5 Å². The van der Waals surface area contributed by atoms with Gasteiger partial charge < -0.3 is 14.8 Å². The highest BCUT2D eigenvalue weighted by Gasteiger charge is 2.33. The van der Waals surface area contributed by atoms with Crippen LogP contribution in [0.1, 0.15) is 28.5 Å². The number of hydrogen-bond donors (Lipinski definition) is 1. The van der Waals surface area contributed by atoms with Crippen molar-refractivity contribution in [2.24, 2.45) is 0 Å². The Morgan fingerprint density at radius 2 is 1.87 bits per heavy atom. The fraction of sp³-hybridized carbons (Fsp3) is 0.238. The predicted octanol–water partition coefficient (Wildman–Crippen LogP) is 2.96. The van der Waals surface area contributed by atoms with Crippen molar-refractivity contribution in [1.29, 1.82) is 0 Å². The molecule has 0 saturated heterocycles. The molecule has 1 N–H and O–H groups in total. The number of nitrogens with zero attached hydrogens (tertiary/aromatic N) is 2. The lowest BCUT2D eigenvalue weighted by atomic mass is 10.2. The molecule has 3 aromatic rings. The van der Waals surface area contributed by atoms with E-state index in [2.05, 4.69) is 10.4 Å². The van der Waals surface area contributed by atoms with E-state index < -0.39 is 15.7 Å². The molecule has 0 aliphatic carbocycles. The second kappa shape index (κ2) is 7.83. The molecule has 0 saturated carbocycles. The number of ether oxygens (including phenoxy) is 2. The molecule has 1 aliphatic rings. The van der Waals surface area contributed by atoms with Crippen molar-refractivity contribution in [3.05, 3.63) is 65.4 Å². The summed E-state index contributed by atoms with van der Waals surface area (Å²) >= 11 is 0. The van der Waals surface area contributed by atoms with Crippen molar-refractivity contribution in [2.45, 2.75) is 18.4 Å². The van der Waals surface area contributed by atoms with E-state index in [1.807, 2.05) is 6.92 Å². The van der Waals surface area contributed by atoms with Crippen LogP contribution in [0.4, 0.5) is 5.82 Å². The van der Waals surface area contributed by atoms with Gasteiger partial charge in [0.15, 0.2) is 9.84 Å². The largest absolute Gasteiger partial charge is 0.497 e. The van der Waals surface area contributed by atoms with Crippen molar-refractivity contribution in [1.82, 2.24) is 9.78 Å². The number of fused-ring (bicyclic) bond motifs is 1. The first-order valence-corrected chi connectivity index (χ1v) is 11.2. The van der Waals surface area contributed by atoms with E-state index in [1.54, 1.807) is 60.3 Å². The number of amides is 1. The minimum Gasteiger partial charge on any atom is -0.497 e. The zero-order valence-corrected chi connectivity index (χ0v) is 17.4. The first-order chi connectivity index (χ1) is 14.4. The van der Waals surface area contributed by atoms with Crippen LogP contribution in [0.25, 0.3) is 5.69 Å². The second-order valence-electron chi connectivity index (χ2n) is 6.80. The summed E-state index contributed by atoms with van der Waals surface area (Å²) in [6.07, 6.45) is 0. The summed E-state index contributed by atoms with van der Waals surface area (Å²) in [5, 5.41) is 7.32. The number of sulfone groups is 1. The SMILES string of the molecule is CCOc1ccccc1C(=O)Nc1c2c(nn1-c1ccc(OC)cc1)CS(=O)(=O)C2. The quantitative estimate of drug-likeness (QED) is 0.649. The zero-order valence-electron chi connectivity index (χ0n) is 16.6. The maximum absolute atomic E-state index is 13.1. The third-order valence-electron chi connectivity index (χ3n) is 4.77. The molecule has 1 aromatic heterocycles. The molecule has 0 radical (unpaired) electrons. The van der Waals surface area contributed by atoms with Crippen molar-refractivity contribution in [2.75, 3.05) is 19.0 Å². The Kier molecular flexibility index (Phi) is 5.21. The van der Waals surface area contributed by atoms with Crippen molar-refractivity contribution in [3.8, 4) is 17.2 Å². The highest BCUT2D eigenvalue weighted by atomic mass is 32.2. The summed E-state index contributed by atoms with van der Waals surface area (Å²) in [5.41, 5.74) is 1.99. The number of carbonyl (C=O) groups is 1. The van der Waals surface area contributed by atoms with Gasteiger partial charge >= 0.3 is 0 Å². The van der Waals surface area contributed by atoms with Gasteiger partial charge in [-0.2, -0.15) is 5.10 Å². The molecule has 0 spiro atoms. The number of benzene rings is 2. The van der Waals surface area contributed by atoms with E-state index in [9.17, 15) is 13.2 Å². The number of nitrogens with one attached hydrogen (secondary N) is 1. The van der Waals surface area contributed by atoms with Crippen LogP contribution in [0.3, 0.4) is 0 Å². The molecule has 30 heavy (non-hydrogen) atoms. The molecule has 156 valence electrons. The maximum atomic E-state index is 13.1. The second-order valence-corrected chi connectivity index (χ2v) is 8.86. The smallest absolute Gasteiger partial charge is 0.260 e. The number of para-hydroxylation sites is 1. The highest BCUT2D eigenvalue weighted by molar-refractivity contribution is 7.90. The molecule has 1 amide bonds. The molecule has 0 fully saturated rings. The van der Waals surface area contributed by atoms with Gasteiger partial charge in [0, 0.05) is 5.56 Å². The van der Waals surface area contributed by atoms with Gasteiger partial charge in [-0.3, -0.25) is 4.79 Å². The van der Waals surface area contributed by atoms with Crippen molar-refractivity contribution < 1.29 is 22.7 Å². The van der Waals surface area contributed by atoms with Gasteiger partial charge in [0.25, 0.3) is 5.91 Å². The van der Waals surface area contributed by atoms with Gasteiger partial charge in [-0.05, 0) is 43.3 Å². The van der Waals surface area contributed by atoms with E-state index in [0.29, 0.717) is 46.4 Å². The van der Waals surface area contributed by atoms with Gasteiger partial charge in [-0.1, -0.05) is 12.1 Å². The summed E-state index contributed by atoms with van der Waals surface area (Å²) < 4.78 is 36.6. The molecule has 9 heteroatoms. The Morgan fingerprint density at radius 3 is 2.57 bits per heavy atom. The molecule has 2 aromatic carbocycles. The van der Waals surface area contributed by atoms with Crippen molar-refractivity contribution >= 4 is 21.6 Å². The molecular formula is C21H21N3O5S. The summed E-state index contributed by atoms with van der Waals surface area (Å²) in [5.74, 6) is 0.758. The first-order valence-electron chi connectivity index (χ1n) is 9.40. The zero-order chi connectivity index (χ0) is 21.3. The Hall–Kier alpha value is -3.33. The summed E-state index contributed by atoms with van der Waals surface area (Å²) in [6.45, 7) is 2.26. The lowest BCUT2D eigenvalue weighted by molar-refractivity contribution is 0.102. The normalized spacial score (nSPS) is 14.2. The predicted molar refractivity (Wildman–Crippen MR) is 112 cm³/mol. The first kappa shape index (κ1) is 20.0. The van der Waals surface area contributed by atoms with Crippen molar-refractivity contribution in [3.63, 3.8) is 0 Å². The number of carbonyl (C=O) groups excluding carboxylic acids is 1. The van der Waals surface area contributed by atoms with Crippen LogP contribution in [0, 0.1) is 0 Å². The van der Waals surface area contributed by atoms with Crippen LogP contribution >= 0.6 is 0 Å². The average molecular weight is 427 g/mol. The lowest BCUT2D eigenvalue weighted by Gasteiger charge is -2.13. The Morgan fingerprint density at radius 1 is 1.13 bits per heavy atom. The number of methoxy groups -OCH3 is 1. The van der Waals surface area contributed by atoms with Gasteiger partial charge in [-0.15, -0.1) is 0 Å². The number of anilines is 1. The summed E-state index contributed by atoms with van der Waals surface area (Å²) in [7, 11) is -1.71. The number of rotatable bonds is 6. The van der Waals surface area contributed by atoms with Crippen LogP contribution < -0.4 is 14.8 Å². The lowest BCUT2D eigenvalue weighted by Crippen LogP contribution is -2.18. The van der Waals surface area contributed by atoms with E-state index in [1.165, 1.54) is 0 Å². The minimum absolute atomic E-state index is 0.149. The van der Waals surface area contributed by atoms with Gasteiger partial charge in [0.1, 0.15) is 17.3 Å². The third-order valence-corrected chi connectivity index (χ3v) is 6.21. The van der Waals surface area contributed by atoms with Crippen LogP contribution in [-0.2, 0) is 21.3 Å². The fourth-order valence-electron chi connectivity index (χ4n) is 3.39. The molecular weight excluding hydrogens is 406 g/mol. The van der Waals surface area contributed by atoms with E-state index in [4.69, 9.17) is 9.47 Å². The van der Waals surface area contributed by atoms with Crippen LogP contribution in [-0.4, -0.2) is 37.8 Å². The van der Waals surface area contributed by atoms with Crippen LogP contribution in [0.2, 0.25) is 0 Å². The monoisotopic (exact) mass is 427 g/mol. The number of hydrogen-bond acceptors (Lipinski definition) is 6. The van der Waals surface area contributed by atoms with Crippen LogP contribution in [0.15, 0.2) is 48.5 Å². The number of aromatic nitrogens is 2. The molecule has 4 rings (SSSR count). The summed E-state index contributed by atoms with van der Waals surface area (Å²) in [6, 6.07) is 14.0. The Labute approximate surface area is 174 Å². The van der Waals surface area contributed by atoms with E-state index >= 15 is 0 Å². The molecule has 0 atom stereocenters. The van der Waals surface area contributed by atoms with Gasteiger partial charge in [0.2, 0.25) is 0 Å². The molecule has 2 heterocycles. The maximum Gasteiger partial charge on any atom is 0.260 e. The molecule has 1 aliphatic heterocycles. The molecule has 0 unspecified atom stereocenters. The third kappa shape index (κ3) is 3.76. The summed E-state index contributed by atoms with van der Waals surface area (Å²) in [4.78, 5) is 13.1. The van der Waals surface area contributed by atoms with E-state index in [0.717, 1.165) is 0 Å². The minimum atomic E-state index is -3.28. The van der Waals surface area contributed by atoms with Gasteiger partial charge in [-0.25, -0.2) is 13.1 Å². The average Bonchev–Trinajstić information content (AvgIpc) is 3.21. The Bertz CT molecular complexity index is 1200. The topological polar surface area (TPSA) is 99.5 Å². The molecule has 0 bridgehead atoms. The Balaban J connectivity index is 1.76. The van der Waals surface area contributed by atoms with Gasteiger partial charge in [0.05, 0.1) is 42.2 Å². The standard InChI is InChI=1S/C21H21N3O5S/c1-3-29-19-7-5-4-6-16(19)21(25)22-20-17-12-30(26,27)13-18(17)23-24(20)14-8-10-15(28-2)11-9-14/h4-11H,3,12-13H2,1-2H3,(H,22,25). The molecule has 8 nitrogen and oxygen atoms in total.